The molecule has 1 aliphatic rings. The number of rotatable bonds is 12. The molecule has 1 aromatic heterocycles. The Morgan fingerprint density at radius 1 is 1.03 bits per heavy atom. The van der Waals surface area contributed by atoms with E-state index in [1.165, 1.54) is 19.1 Å². The highest BCUT2D eigenvalue weighted by atomic mass is 16.5. The van der Waals surface area contributed by atoms with Gasteiger partial charge in [0, 0.05) is 19.0 Å². The minimum atomic E-state index is -0.885. The number of furan rings is 1. The van der Waals surface area contributed by atoms with Gasteiger partial charge in [-0.2, -0.15) is 0 Å². The molecule has 2 heterocycles. The van der Waals surface area contributed by atoms with E-state index in [1.54, 1.807) is 42.5 Å². The average Bonchev–Trinajstić information content (AvgIpc) is 3.45. The molecule has 0 saturated heterocycles. The van der Waals surface area contributed by atoms with Crippen LogP contribution in [0.15, 0.2) is 58.2 Å². The van der Waals surface area contributed by atoms with Gasteiger partial charge in [0.1, 0.15) is 0 Å². The zero-order chi connectivity index (χ0) is 26.5. The molecular weight excluding hydrogens is 478 g/mol. The van der Waals surface area contributed by atoms with E-state index in [9.17, 15) is 14.7 Å². The SMILES string of the molecule is CCCOc1ccc(C2C(C(=O)c3cc4cccc(OC)c4o3)=C(O)C(=O)N2CCOC)cc1OCC. The van der Waals surface area contributed by atoms with Gasteiger partial charge in [-0.3, -0.25) is 9.59 Å². The molecule has 1 amide bonds. The number of aliphatic hydroxyl groups is 1. The van der Waals surface area contributed by atoms with Crippen LogP contribution in [0.1, 0.15) is 42.4 Å². The van der Waals surface area contributed by atoms with Crippen molar-refractivity contribution in [2.75, 3.05) is 40.6 Å². The number of nitrogens with zero attached hydrogens (tertiary/aromatic N) is 1. The van der Waals surface area contributed by atoms with Gasteiger partial charge in [0.15, 0.2) is 34.4 Å². The van der Waals surface area contributed by atoms with Crippen molar-refractivity contribution in [3.63, 3.8) is 0 Å². The summed E-state index contributed by atoms with van der Waals surface area (Å²) >= 11 is 0. The van der Waals surface area contributed by atoms with Crippen LogP contribution in [0.2, 0.25) is 0 Å². The largest absolute Gasteiger partial charge is 0.503 e. The summed E-state index contributed by atoms with van der Waals surface area (Å²) < 4.78 is 28.0. The van der Waals surface area contributed by atoms with Gasteiger partial charge in [-0.1, -0.05) is 25.1 Å². The fourth-order valence-corrected chi connectivity index (χ4v) is 4.39. The molecule has 0 spiro atoms. The van der Waals surface area contributed by atoms with Crippen LogP contribution in [-0.2, 0) is 9.53 Å². The first kappa shape index (κ1) is 26.1. The van der Waals surface area contributed by atoms with E-state index in [2.05, 4.69) is 0 Å². The minimum Gasteiger partial charge on any atom is -0.503 e. The summed E-state index contributed by atoms with van der Waals surface area (Å²) in [6.07, 6.45) is 0.826. The molecule has 1 atom stereocenters. The van der Waals surface area contributed by atoms with E-state index in [4.69, 9.17) is 23.4 Å². The van der Waals surface area contributed by atoms with Crippen molar-refractivity contribution in [1.29, 1.82) is 0 Å². The molecule has 1 unspecified atom stereocenters. The second kappa shape index (κ2) is 11.4. The van der Waals surface area contributed by atoms with Gasteiger partial charge >= 0.3 is 0 Å². The Kier molecular flexibility index (Phi) is 8.03. The quantitative estimate of drug-likeness (QED) is 0.345. The highest BCUT2D eigenvalue weighted by molar-refractivity contribution is 6.16. The molecule has 9 nitrogen and oxygen atoms in total. The molecular formula is C28H31NO8. The number of Topliss-reactive ketones (excluding diaryl/α,β-unsaturated/α-hetero) is 1. The summed E-state index contributed by atoms with van der Waals surface area (Å²) in [6, 6.07) is 11.2. The van der Waals surface area contributed by atoms with E-state index in [0.717, 1.165) is 6.42 Å². The summed E-state index contributed by atoms with van der Waals surface area (Å²) in [5, 5.41) is 11.6. The van der Waals surface area contributed by atoms with Crippen LogP contribution in [0.4, 0.5) is 0 Å². The second-order valence-corrected chi connectivity index (χ2v) is 8.46. The molecule has 0 bridgehead atoms. The number of hydrogen-bond acceptors (Lipinski definition) is 8. The predicted molar refractivity (Wildman–Crippen MR) is 136 cm³/mol. The lowest BCUT2D eigenvalue weighted by atomic mass is 9.94. The number of benzene rings is 2. The number of ether oxygens (including phenoxy) is 4. The summed E-state index contributed by atoms with van der Waals surface area (Å²) in [5.41, 5.74) is 0.906. The van der Waals surface area contributed by atoms with Crippen LogP contribution < -0.4 is 14.2 Å². The zero-order valence-corrected chi connectivity index (χ0v) is 21.4. The van der Waals surface area contributed by atoms with E-state index in [0.29, 0.717) is 47.0 Å². The van der Waals surface area contributed by atoms with Crippen molar-refractivity contribution in [3.8, 4) is 17.2 Å². The number of methoxy groups -OCH3 is 2. The Morgan fingerprint density at radius 3 is 2.54 bits per heavy atom. The van der Waals surface area contributed by atoms with E-state index in [1.807, 2.05) is 13.8 Å². The fourth-order valence-electron chi connectivity index (χ4n) is 4.39. The number of hydrogen-bond donors (Lipinski definition) is 1. The topological polar surface area (TPSA) is 108 Å². The van der Waals surface area contributed by atoms with Crippen molar-refractivity contribution >= 4 is 22.7 Å². The minimum absolute atomic E-state index is 0.0135. The van der Waals surface area contributed by atoms with E-state index < -0.39 is 23.5 Å². The van der Waals surface area contributed by atoms with Crippen molar-refractivity contribution < 1.29 is 38.1 Å². The van der Waals surface area contributed by atoms with Crippen LogP contribution in [0.25, 0.3) is 11.0 Å². The molecule has 0 fully saturated rings. The number of aliphatic hydroxyl groups excluding tert-OH is 1. The first-order valence-corrected chi connectivity index (χ1v) is 12.2. The van der Waals surface area contributed by atoms with Gasteiger partial charge in [-0.15, -0.1) is 0 Å². The van der Waals surface area contributed by atoms with Gasteiger partial charge < -0.3 is 33.4 Å². The Labute approximate surface area is 215 Å². The lowest BCUT2D eigenvalue weighted by Gasteiger charge is -2.27. The average molecular weight is 510 g/mol. The van der Waals surface area contributed by atoms with Gasteiger partial charge in [0.05, 0.1) is 38.5 Å². The van der Waals surface area contributed by atoms with Crippen LogP contribution in [-0.4, -0.2) is 62.3 Å². The highest BCUT2D eigenvalue weighted by Gasteiger charge is 2.44. The standard InChI is InChI=1S/C28H31NO8/c1-5-13-36-19-11-10-17(15-21(19)35-6-2)24-23(26(31)28(32)29(24)12-14-33-3)25(30)22-16-18-8-7-9-20(34-4)27(18)37-22/h7-11,15-16,24,31H,5-6,12-14H2,1-4H3. The molecule has 9 heteroatoms. The summed E-state index contributed by atoms with van der Waals surface area (Å²) in [6.45, 7) is 5.15. The summed E-state index contributed by atoms with van der Waals surface area (Å²) in [7, 11) is 3.03. The highest BCUT2D eigenvalue weighted by Crippen LogP contribution is 2.42. The molecule has 1 aliphatic heterocycles. The maximum atomic E-state index is 13.8. The van der Waals surface area contributed by atoms with Crippen molar-refractivity contribution in [2.45, 2.75) is 26.3 Å². The molecule has 1 N–H and O–H groups in total. The van der Waals surface area contributed by atoms with Crippen LogP contribution in [0, 0.1) is 0 Å². The predicted octanol–water partition coefficient (Wildman–Crippen LogP) is 4.85. The second-order valence-electron chi connectivity index (χ2n) is 8.46. The number of ketones is 1. The smallest absolute Gasteiger partial charge is 0.290 e. The normalized spacial score (nSPS) is 15.5. The van der Waals surface area contributed by atoms with Crippen LogP contribution >= 0.6 is 0 Å². The van der Waals surface area contributed by atoms with Gasteiger partial charge in [0.25, 0.3) is 5.91 Å². The number of para-hydroxylation sites is 1. The number of amides is 1. The Morgan fingerprint density at radius 2 is 1.84 bits per heavy atom. The monoisotopic (exact) mass is 509 g/mol. The maximum Gasteiger partial charge on any atom is 0.290 e. The Bertz CT molecular complexity index is 1320. The third-order valence-corrected chi connectivity index (χ3v) is 6.08. The number of carbonyl (C=O) groups is 2. The summed E-state index contributed by atoms with van der Waals surface area (Å²) in [4.78, 5) is 28.3. The first-order valence-electron chi connectivity index (χ1n) is 12.2. The van der Waals surface area contributed by atoms with Crippen molar-refractivity contribution in [1.82, 2.24) is 4.90 Å². The van der Waals surface area contributed by atoms with Crippen LogP contribution in [0.5, 0.6) is 17.2 Å². The molecule has 196 valence electrons. The van der Waals surface area contributed by atoms with Crippen molar-refractivity contribution in [3.05, 3.63) is 65.1 Å². The maximum absolute atomic E-state index is 13.8. The van der Waals surface area contributed by atoms with Gasteiger partial charge in [0.2, 0.25) is 5.78 Å². The van der Waals surface area contributed by atoms with E-state index >= 15 is 0 Å². The molecule has 2 aromatic carbocycles. The van der Waals surface area contributed by atoms with Crippen molar-refractivity contribution in [2.24, 2.45) is 0 Å². The lowest BCUT2D eigenvalue weighted by molar-refractivity contribution is -0.130. The third-order valence-electron chi connectivity index (χ3n) is 6.08. The lowest BCUT2D eigenvalue weighted by Crippen LogP contribution is -2.34. The molecule has 0 aliphatic carbocycles. The molecule has 0 radical (unpaired) electrons. The molecule has 4 rings (SSSR count). The number of fused-ring (bicyclic) bond motifs is 1. The Hall–Kier alpha value is -3.98. The van der Waals surface area contributed by atoms with Gasteiger partial charge in [-0.05, 0) is 43.2 Å². The molecule has 0 saturated carbocycles. The third kappa shape index (κ3) is 4.99. The first-order chi connectivity index (χ1) is 17.9. The molecule has 37 heavy (non-hydrogen) atoms. The Balaban J connectivity index is 1.80. The summed E-state index contributed by atoms with van der Waals surface area (Å²) in [5.74, 6) is -0.380. The van der Waals surface area contributed by atoms with E-state index in [-0.39, 0.29) is 24.5 Å². The fraction of sp³-hybridized carbons (Fsp3) is 0.357. The zero-order valence-electron chi connectivity index (χ0n) is 21.4. The number of carbonyl (C=O) groups excluding carboxylic acids is 2. The van der Waals surface area contributed by atoms with Crippen LogP contribution in [0.3, 0.4) is 0 Å². The van der Waals surface area contributed by atoms with Gasteiger partial charge in [-0.25, -0.2) is 0 Å². The molecule has 3 aromatic rings.